The second kappa shape index (κ2) is 9.98. The number of rotatable bonds is 8. The van der Waals surface area contributed by atoms with Gasteiger partial charge in [0.1, 0.15) is 5.76 Å². The molecule has 1 aromatic carbocycles. The number of carbonyl (C=O) groups is 3. The molecular formula is C17H18ClN3O5S. The first-order chi connectivity index (χ1) is 12.8. The van der Waals surface area contributed by atoms with Crippen molar-refractivity contribution in [3.05, 3.63) is 41.1 Å². The fourth-order valence-corrected chi connectivity index (χ4v) is 2.61. The lowest BCUT2D eigenvalue weighted by atomic mass is 10.3. The molecule has 2 aromatic rings. The van der Waals surface area contributed by atoms with E-state index in [9.17, 15) is 14.4 Å². The third-order valence-electron chi connectivity index (χ3n) is 3.14. The number of thioether (sulfide) groups is 1. The van der Waals surface area contributed by atoms with Crippen LogP contribution in [0.2, 0.25) is 5.02 Å². The Bertz CT molecular complexity index is 809. The standard InChI is InChI=1S/C17H18ClN3O5S/c1-10-7-14(21-26-10)20-15(22)8-27-9-16(23)25-11(2)17(24)19-13-5-3-12(18)4-6-13/h3-7,11H,8-9H2,1-2H3,(H,19,24)(H,20,21,22)/t11-/m0/s1. The van der Waals surface area contributed by atoms with Gasteiger partial charge in [-0.2, -0.15) is 0 Å². The molecule has 27 heavy (non-hydrogen) atoms. The molecule has 0 unspecified atom stereocenters. The Hall–Kier alpha value is -2.52. The largest absolute Gasteiger partial charge is 0.452 e. The number of aryl methyl sites for hydroxylation is 1. The summed E-state index contributed by atoms with van der Waals surface area (Å²) < 4.78 is 9.89. The fourth-order valence-electron chi connectivity index (χ4n) is 1.89. The van der Waals surface area contributed by atoms with Crippen molar-refractivity contribution in [2.45, 2.75) is 20.0 Å². The lowest BCUT2D eigenvalue weighted by molar-refractivity contribution is -0.150. The quantitative estimate of drug-likeness (QED) is 0.642. The van der Waals surface area contributed by atoms with Crippen LogP contribution in [-0.2, 0) is 19.1 Å². The molecule has 0 aliphatic heterocycles. The molecule has 0 radical (unpaired) electrons. The van der Waals surface area contributed by atoms with E-state index in [-0.39, 0.29) is 17.4 Å². The van der Waals surface area contributed by atoms with Crippen LogP contribution in [0.4, 0.5) is 11.5 Å². The molecule has 10 heteroatoms. The highest BCUT2D eigenvalue weighted by Gasteiger charge is 2.18. The molecule has 0 bridgehead atoms. The van der Waals surface area contributed by atoms with E-state index in [4.69, 9.17) is 20.9 Å². The summed E-state index contributed by atoms with van der Waals surface area (Å²) in [6.07, 6.45) is -0.972. The predicted molar refractivity (Wildman–Crippen MR) is 103 cm³/mol. The van der Waals surface area contributed by atoms with Gasteiger partial charge in [0.2, 0.25) is 5.91 Å². The van der Waals surface area contributed by atoms with Crippen LogP contribution in [-0.4, -0.2) is 40.6 Å². The normalized spacial score (nSPS) is 11.5. The molecule has 0 fully saturated rings. The van der Waals surface area contributed by atoms with E-state index in [0.29, 0.717) is 22.3 Å². The minimum absolute atomic E-state index is 0.0341. The first kappa shape index (κ1) is 20.8. The molecule has 1 heterocycles. The van der Waals surface area contributed by atoms with Crippen molar-refractivity contribution in [3.8, 4) is 0 Å². The summed E-state index contributed by atoms with van der Waals surface area (Å²) in [6.45, 7) is 3.17. The summed E-state index contributed by atoms with van der Waals surface area (Å²) in [7, 11) is 0. The van der Waals surface area contributed by atoms with Crippen molar-refractivity contribution < 1.29 is 23.6 Å². The smallest absolute Gasteiger partial charge is 0.316 e. The number of nitrogens with zero attached hydrogens (tertiary/aromatic N) is 1. The molecule has 8 nitrogen and oxygen atoms in total. The number of anilines is 2. The van der Waals surface area contributed by atoms with Crippen LogP contribution in [0.1, 0.15) is 12.7 Å². The van der Waals surface area contributed by atoms with Gasteiger partial charge in [-0.25, -0.2) is 0 Å². The minimum atomic E-state index is -0.972. The lowest BCUT2D eigenvalue weighted by Gasteiger charge is -2.13. The number of amides is 2. The van der Waals surface area contributed by atoms with Crippen LogP contribution >= 0.6 is 23.4 Å². The Morgan fingerprint density at radius 1 is 1.22 bits per heavy atom. The van der Waals surface area contributed by atoms with E-state index in [1.165, 1.54) is 6.92 Å². The third-order valence-corrected chi connectivity index (χ3v) is 4.30. The number of hydrogen-bond acceptors (Lipinski definition) is 7. The number of hydrogen-bond donors (Lipinski definition) is 2. The van der Waals surface area contributed by atoms with Gasteiger partial charge in [0, 0.05) is 16.8 Å². The zero-order valence-electron chi connectivity index (χ0n) is 14.7. The van der Waals surface area contributed by atoms with Gasteiger partial charge < -0.3 is 19.9 Å². The van der Waals surface area contributed by atoms with Crippen LogP contribution < -0.4 is 10.6 Å². The zero-order valence-corrected chi connectivity index (χ0v) is 16.2. The Labute approximate surface area is 164 Å². The van der Waals surface area contributed by atoms with Crippen molar-refractivity contribution in [1.29, 1.82) is 0 Å². The summed E-state index contributed by atoms with van der Waals surface area (Å²) in [5.41, 5.74) is 0.543. The maximum Gasteiger partial charge on any atom is 0.316 e. The summed E-state index contributed by atoms with van der Waals surface area (Å²) in [6, 6.07) is 8.13. The van der Waals surface area contributed by atoms with E-state index in [0.717, 1.165) is 11.8 Å². The second-order valence-electron chi connectivity index (χ2n) is 5.49. The van der Waals surface area contributed by atoms with E-state index in [2.05, 4.69) is 15.8 Å². The summed E-state index contributed by atoms with van der Waals surface area (Å²) >= 11 is 6.84. The number of ether oxygens (including phenoxy) is 1. The first-order valence-electron chi connectivity index (χ1n) is 7.90. The molecular weight excluding hydrogens is 394 g/mol. The summed E-state index contributed by atoms with van der Waals surface area (Å²) in [5, 5.41) is 9.34. The molecule has 2 rings (SSSR count). The van der Waals surface area contributed by atoms with E-state index in [1.54, 1.807) is 37.3 Å². The highest BCUT2D eigenvalue weighted by atomic mass is 35.5. The van der Waals surface area contributed by atoms with Gasteiger partial charge in [-0.05, 0) is 38.1 Å². The molecule has 2 N–H and O–H groups in total. The summed E-state index contributed by atoms with van der Waals surface area (Å²) in [5.74, 6) is -0.523. The van der Waals surface area contributed by atoms with E-state index < -0.39 is 18.0 Å². The Kier molecular flexibility index (Phi) is 7.68. The van der Waals surface area contributed by atoms with Crippen molar-refractivity contribution >= 4 is 52.7 Å². The van der Waals surface area contributed by atoms with Gasteiger partial charge in [-0.1, -0.05) is 16.8 Å². The number of aromatic nitrogens is 1. The van der Waals surface area contributed by atoms with Crippen molar-refractivity contribution in [2.75, 3.05) is 22.1 Å². The molecule has 0 saturated carbocycles. The van der Waals surface area contributed by atoms with E-state index >= 15 is 0 Å². The molecule has 2 amide bonds. The van der Waals surface area contributed by atoms with Gasteiger partial charge in [0.25, 0.3) is 5.91 Å². The SMILES string of the molecule is Cc1cc(NC(=O)CSCC(=O)O[C@@H](C)C(=O)Nc2ccc(Cl)cc2)no1. The van der Waals surface area contributed by atoms with E-state index in [1.807, 2.05) is 0 Å². The molecule has 0 aliphatic carbocycles. The van der Waals surface area contributed by atoms with Gasteiger partial charge >= 0.3 is 5.97 Å². The van der Waals surface area contributed by atoms with Crippen LogP contribution in [0, 0.1) is 6.92 Å². The molecule has 0 spiro atoms. The van der Waals surface area contributed by atoms with Crippen LogP contribution in [0.25, 0.3) is 0 Å². The van der Waals surface area contributed by atoms with Gasteiger partial charge in [-0.15, -0.1) is 11.8 Å². The number of nitrogens with one attached hydrogen (secondary N) is 2. The van der Waals surface area contributed by atoms with Crippen LogP contribution in [0.3, 0.4) is 0 Å². The minimum Gasteiger partial charge on any atom is -0.452 e. The molecule has 0 saturated heterocycles. The topological polar surface area (TPSA) is 111 Å². The summed E-state index contributed by atoms with van der Waals surface area (Å²) in [4.78, 5) is 35.5. The average molecular weight is 412 g/mol. The van der Waals surface area contributed by atoms with Gasteiger partial charge in [0.05, 0.1) is 11.5 Å². The maximum absolute atomic E-state index is 12.0. The highest BCUT2D eigenvalue weighted by molar-refractivity contribution is 8.00. The second-order valence-corrected chi connectivity index (χ2v) is 6.91. The van der Waals surface area contributed by atoms with Crippen molar-refractivity contribution in [2.24, 2.45) is 0 Å². The van der Waals surface area contributed by atoms with Crippen molar-refractivity contribution in [3.63, 3.8) is 0 Å². The zero-order chi connectivity index (χ0) is 19.8. The highest BCUT2D eigenvalue weighted by Crippen LogP contribution is 2.14. The van der Waals surface area contributed by atoms with Gasteiger partial charge in [-0.3, -0.25) is 14.4 Å². The average Bonchev–Trinajstić information content (AvgIpc) is 3.01. The Balaban J connectivity index is 1.67. The number of esters is 1. The van der Waals surface area contributed by atoms with Crippen LogP contribution in [0.5, 0.6) is 0 Å². The molecule has 1 aromatic heterocycles. The van der Waals surface area contributed by atoms with Crippen molar-refractivity contribution in [1.82, 2.24) is 5.16 Å². The number of halogens is 1. The molecule has 0 aliphatic rings. The Morgan fingerprint density at radius 3 is 2.56 bits per heavy atom. The number of carbonyl (C=O) groups excluding carboxylic acids is 3. The number of benzene rings is 1. The lowest BCUT2D eigenvalue weighted by Crippen LogP contribution is -2.30. The third kappa shape index (κ3) is 7.32. The van der Waals surface area contributed by atoms with Gasteiger partial charge in [0.15, 0.2) is 11.9 Å². The first-order valence-corrected chi connectivity index (χ1v) is 9.43. The molecule has 144 valence electrons. The molecule has 1 atom stereocenters. The monoisotopic (exact) mass is 411 g/mol. The van der Waals surface area contributed by atoms with Crippen LogP contribution in [0.15, 0.2) is 34.9 Å². The Morgan fingerprint density at radius 2 is 1.93 bits per heavy atom. The predicted octanol–water partition coefficient (Wildman–Crippen LogP) is 2.88. The maximum atomic E-state index is 12.0. The fraction of sp³-hybridized carbons (Fsp3) is 0.294.